The first-order valence-corrected chi connectivity index (χ1v) is 3.53. The molecule has 0 aliphatic rings. The minimum Gasteiger partial charge on any atom is -0.103 e. The van der Waals surface area contributed by atoms with Gasteiger partial charge in [-0.25, -0.2) is 0 Å². The lowest BCUT2D eigenvalue weighted by Gasteiger charge is -1.92. The Morgan fingerprint density at radius 2 is 2.20 bits per heavy atom. The summed E-state index contributed by atoms with van der Waals surface area (Å²) in [6, 6.07) is 0. The van der Waals surface area contributed by atoms with Gasteiger partial charge in [0.15, 0.2) is 0 Å². The van der Waals surface area contributed by atoms with Gasteiger partial charge < -0.3 is 0 Å². The fraction of sp³-hybridized carbons (Fsp3) is 0.714. The van der Waals surface area contributed by atoms with Gasteiger partial charge in [-0.05, 0) is 24.8 Å². The van der Waals surface area contributed by atoms with Crippen LogP contribution in [0.1, 0.15) is 25.7 Å². The predicted molar refractivity (Wildman–Crippen MR) is 42.7 cm³/mol. The summed E-state index contributed by atoms with van der Waals surface area (Å²) in [5, 5.41) is 3.42. The number of hydrogen-bond acceptors (Lipinski definition) is 1. The number of nitrogens with zero attached hydrogens (tertiary/aromatic N) is 3. The van der Waals surface area contributed by atoms with Gasteiger partial charge in [-0.2, -0.15) is 0 Å². The van der Waals surface area contributed by atoms with E-state index >= 15 is 0 Å². The van der Waals surface area contributed by atoms with E-state index in [1.165, 1.54) is 0 Å². The van der Waals surface area contributed by atoms with Crippen LogP contribution in [0.2, 0.25) is 0 Å². The summed E-state index contributed by atoms with van der Waals surface area (Å²) in [4.78, 5) is 2.66. The van der Waals surface area contributed by atoms with Crippen molar-refractivity contribution in [2.24, 2.45) is 5.11 Å². The molecule has 10 heavy (non-hydrogen) atoms. The molecule has 0 heterocycles. The Balaban J connectivity index is 2.90. The number of allylic oxidation sites excluding steroid dienone is 1. The summed E-state index contributed by atoms with van der Waals surface area (Å²) in [5.74, 6) is 0. The molecule has 3 nitrogen and oxygen atoms in total. The second kappa shape index (κ2) is 8.05. The maximum Gasteiger partial charge on any atom is 0.0257 e. The van der Waals surface area contributed by atoms with Gasteiger partial charge in [0.1, 0.15) is 0 Å². The molecule has 0 aromatic heterocycles. The van der Waals surface area contributed by atoms with Crippen molar-refractivity contribution in [3.05, 3.63) is 23.1 Å². The van der Waals surface area contributed by atoms with Gasteiger partial charge in [0, 0.05) is 11.5 Å². The van der Waals surface area contributed by atoms with Crippen LogP contribution in [0.5, 0.6) is 0 Å². The van der Waals surface area contributed by atoms with E-state index in [9.17, 15) is 0 Å². The Bertz CT molecular complexity index is 125. The fourth-order valence-corrected chi connectivity index (χ4v) is 0.693. The minimum absolute atomic E-state index is 0.633. The highest BCUT2D eigenvalue weighted by Gasteiger charge is 1.84. The summed E-state index contributed by atoms with van der Waals surface area (Å²) < 4.78 is 0. The van der Waals surface area contributed by atoms with Crippen LogP contribution in [0.25, 0.3) is 10.4 Å². The normalized spacial score (nSPS) is 8.40. The van der Waals surface area contributed by atoms with Crippen LogP contribution in [-0.4, -0.2) is 6.54 Å². The molecule has 0 fully saturated rings. The Morgan fingerprint density at radius 1 is 1.40 bits per heavy atom. The Morgan fingerprint density at radius 3 is 2.80 bits per heavy atom. The lowest BCUT2D eigenvalue weighted by molar-refractivity contribution is 0.694. The van der Waals surface area contributed by atoms with E-state index in [0.717, 1.165) is 25.7 Å². The molecule has 3 heteroatoms. The molecule has 0 rings (SSSR count). The maximum absolute atomic E-state index is 7.91. The molecular formula is C7H13N3. The summed E-state index contributed by atoms with van der Waals surface area (Å²) in [6.07, 6.45) is 6.26. The molecule has 0 aromatic carbocycles. The van der Waals surface area contributed by atoms with Gasteiger partial charge >= 0.3 is 0 Å². The molecule has 0 N–H and O–H groups in total. The Labute approximate surface area is 61.4 Å². The molecule has 0 aliphatic carbocycles. The maximum atomic E-state index is 7.91. The van der Waals surface area contributed by atoms with Crippen LogP contribution in [0.3, 0.4) is 0 Å². The van der Waals surface area contributed by atoms with E-state index in [0.29, 0.717) is 6.54 Å². The highest BCUT2D eigenvalue weighted by atomic mass is 15.1. The van der Waals surface area contributed by atoms with Crippen molar-refractivity contribution in [1.29, 1.82) is 0 Å². The van der Waals surface area contributed by atoms with Crippen LogP contribution < -0.4 is 0 Å². The highest BCUT2D eigenvalue weighted by Crippen LogP contribution is 1.99. The van der Waals surface area contributed by atoms with Gasteiger partial charge in [-0.3, -0.25) is 0 Å². The third-order valence-electron chi connectivity index (χ3n) is 1.23. The lowest BCUT2D eigenvalue weighted by atomic mass is 10.2. The van der Waals surface area contributed by atoms with E-state index in [1.807, 2.05) is 6.08 Å². The topological polar surface area (TPSA) is 48.8 Å². The highest BCUT2D eigenvalue weighted by molar-refractivity contribution is 4.65. The fourth-order valence-electron chi connectivity index (χ4n) is 0.693. The number of rotatable bonds is 6. The molecule has 56 valence electrons. The first-order valence-electron chi connectivity index (χ1n) is 3.53. The lowest BCUT2D eigenvalue weighted by Crippen LogP contribution is -1.78. The van der Waals surface area contributed by atoms with Crippen LogP contribution in [0, 0.1) is 0 Å². The second-order valence-corrected chi connectivity index (χ2v) is 2.09. The smallest absolute Gasteiger partial charge is 0.0257 e. The number of unbranched alkanes of at least 4 members (excludes halogenated alkanes) is 3. The van der Waals surface area contributed by atoms with E-state index in [1.54, 1.807) is 0 Å². The average molecular weight is 139 g/mol. The first-order chi connectivity index (χ1) is 4.91. The van der Waals surface area contributed by atoms with E-state index < -0.39 is 0 Å². The summed E-state index contributed by atoms with van der Waals surface area (Å²) >= 11 is 0. The summed E-state index contributed by atoms with van der Waals surface area (Å²) in [5.41, 5.74) is 7.91. The van der Waals surface area contributed by atoms with Gasteiger partial charge in [-0.1, -0.05) is 17.6 Å². The zero-order valence-corrected chi connectivity index (χ0v) is 6.16. The van der Waals surface area contributed by atoms with Crippen molar-refractivity contribution in [2.45, 2.75) is 25.7 Å². The summed E-state index contributed by atoms with van der Waals surface area (Å²) in [6.45, 7) is 4.25. The molecule has 0 atom stereocenters. The van der Waals surface area contributed by atoms with E-state index in [-0.39, 0.29) is 0 Å². The van der Waals surface area contributed by atoms with Crippen molar-refractivity contribution in [1.82, 2.24) is 0 Å². The van der Waals surface area contributed by atoms with Crippen LogP contribution in [-0.2, 0) is 0 Å². The molecule has 0 saturated carbocycles. The first kappa shape index (κ1) is 9.05. The Hall–Kier alpha value is -0.950. The van der Waals surface area contributed by atoms with Crippen LogP contribution in [0.4, 0.5) is 0 Å². The standard InChI is InChI=1S/C7H13N3/c1-2-3-4-5-6-7-9-10-8/h2H,1,3-7H2. The Kier molecular flexibility index (Phi) is 7.29. The van der Waals surface area contributed by atoms with Crippen LogP contribution >= 0.6 is 0 Å². The molecule has 0 aliphatic heterocycles. The third-order valence-corrected chi connectivity index (χ3v) is 1.23. The predicted octanol–water partition coefficient (Wildman–Crippen LogP) is 3.04. The summed E-state index contributed by atoms with van der Waals surface area (Å²) in [7, 11) is 0. The second-order valence-electron chi connectivity index (χ2n) is 2.09. The van der Waals surface area contributed by atoms with Crippen molar-refractivity contribution in [3.63, 3.8) is 0 Å². The zero-order valence-electron chi connectivity index (χ0n) is 6.16. The molecule has 0 radical (unpaired) electrons. The quantitative estimate of drug-likeness (QED) is 0.178. The van der Waals surface area contributed by atoms with Gasteiger partial charge in [0.05, 0.1) is 0 Å². The molecular weight excluding hydrogens is 126 g/mol. The van der Waals surface area contributed by atoms with Gasteiger partial charge in [-0.15, -0.1) is 6.58 Å². The number of hydrogen-bond donors (Lipinski definition) is 0. The number of azide groups is 1. The van der Waals surface area contributed by atoms with Crippen molar-refractivity contribution >= 4 is 0 Å². The molecule has 0 amide bonds. The van der Waals surface area contributed by atoms with Gasteiger partial charge in [0.25, 0.3) is 0 Å². The van der Waals surface area contributed by atoms with E-state index in [2.05, 4.69) is 16.6 Å². The van der Waals surface area contributed by atoms with Gasteiger partial charge in [0.2, 0.25) is 0 Å². The zero-order chi connectivity index (χ0) is 7.66. The van der Waals surface area contributed by atoms with Crippen molar-refractivity contribution in [3.8, 4) is 0 Å². The molecule has 0 aromatic rings. The SMILES string of the molecule is C=CCCCCCN=[N+]=[N-]. The molecule has 0 unspecified atom stereocenters. The third kappa shape index (κ3) is 7.05. The minimum atomic E-state index is 0.633. The van der Waals surface area contributed by atoms with Crippen molar-refractivity contribution < 1.29 is 0 Å². The molecule has 0 bridgehead atoms. The average Bonchev–Trinajstić information content (AvgIpc) is 1.97. The molecule has 0 saturated heterocycles. The largest absolute Gasteiger partial charge is 0.103 e. The van der Waals surface area contributed by atoms with Crippen LogP contribution in [0.15, 0.2) is 17.8 Å². The van der Waals surface area contributed by atoms with Crippen molar-refractivity contribution in [2.75, 3.05) is 6.54 Å². The van der Waals surface area contributed by atoms with E-state index in [4.69, 9.17) is 5.53 Å². The molecule has 0 spiro atoms. The monoisotopic (exact) mass is 139 g/mol.